The Balaban J connectivity index is 2.36. The summed E-state index contributed by atoms with van der Waals surface area (Å²) in [6.07, 6.45) is 0.667. The normalized spacial score (nSPS) is 13.5. The van der Waals surface area contributed by atoms with Crippen molar-refractivity contribution < 1.29 is 4.79 Å². The van der Waals surface area contributed by atoms with Crippen LogP contribution in [-0.4, -0.2) is 12.5 Å². The average molecular weight is 303 g/mol. The van der Waals surface area contributed by atoms with E-state index < -0.39 is 5.54 Å². The van der Waals surface area contributed by atoms with Gasteiger partial charge < -0.3 is 11.1 Å². The summed E-state index contributed by atoms with van der Waals surface area (Å²) in [5.74, 6) is -0.187. The summed E-state index contributed by atoms with van der Waals surface area (Å²) in [5.41, 5.74) is 6.98. The van der Waals surface area contributed by atoms with Gasteiger partial charge in [-0.1, -0.05) is 54.1 Å². The van der Waals surface area contributed by atoms with Crippen molar-refractivity contribution in [3.8, 4) is 0 Å². The summed E-state index contributed by atoms with van der Waals surface area (Å²) in [7, 11) is 0. The molecule has 3 N–H and O–H groups in total. The van der Waals surface area contributed by atoms with Gasteiger partial charge in [0.15, 0.2) is 0 Å². The lowest BCUT2D eigenvalue weighted by Gasteiger charge is -2.32. The zero-order valence-electron chi connectivity index (χ0n) is 12.0. The van der Waals surface area contributed by atoms with Crippen molar-refractivity contribution >= 4 is 17.5 Å². The van der Waals surface area contributed by atoms with Crippen LogP contribution in [0.25, 0.3) is 0 Å². The van der Waals surface area contributed by atoms with Crippen LogP contribution in [0, 0.1) is 0 Å². The molecule has 21 heavy (non-hydrogen) atoms. The smallest absolute Gasteiger partial charge is 0.234 e. The van der Waals surface area contributed by atoms with Crippen LogP contribution < -0.4 is 11.1 Å². The zero-order chi connectivity index (χ0) is 15.3. The Kier molecular flexibility index (Phi) is 4.99. The van der Waals surface area contributed by atoms with E-state index in [9.17, 15) is 4.79 Å². The third-order valence-corrected chi connectivity index (χ3v) is 3.70. The number of amides is 1. The summed E-state index contributed by atoms with van der Waals surface area (Å²) in [6.45, 7) is 1.95. The van der Waals surface area contributed by atoms with Gasteiger partial charge in [0.05, 0.1) is 12.1 Å². The highest BCUT2D eigenvalue weighted by Gasteiger charge is 2.28. The predicted molar refractivity (Wildman–Crippen MR) is 86.1 cm³/mol. The quantitative estimate of drug-likeness (QED) is 0.892. The zero-order valence-corrected chi connectivity index (χ0v) is 12.7. The van der Waals surface area contributed by atoms with Crippen LogP contribution in [0.5, 0.6) is 0 Å². The van der Waals surface area contributed by atoms with Gasteiger partial charge in [-0.3, -0.25) is 4.79 Å². The number of nitrogens with one attached hydrogen (secondary N) is 1. The summed E-state index contributed by atoms with van der Waals surface area (Å²) >= 11 is 6.09. The van der Waals surface area contributed by atoms with Crippen LogP contribution in [0.4, 0.5) is 0 Å². The monoisotopic (exact) mass is 302 g/mol. The van der Waals surface area contributed by atoms with Gasteiger partial charge in [0.2, 0.25) is 5.91 Å². The van der Waals surface area contributed by atoms with Crippen molar-refractivity contribution in [1.82, 2.24) is 5.32 Å². The highest BCUT2D eigenvalue weighted by Crippen LogP contribution is 2.27. The molecule has 2 aromatic carbocycles. The molecule has 1 amide bonds. The van der Waals surface area contributed by atoms with Crippen molar-refractivity contribution in [3.63, 3.8) is 0 Å². The minimum Gasteiger partial charge on any atom is -0.345 e. The van der Waals surface area contributed by atoms with Crippen molar-refractivity contribution in [2.75, 3.05) is 6.54 Å². The van der Waals surface area contributed by atoms with E-state index in [1.165, 1.54) is 0 Å². The standard InChI is InChI=1S/C17H19ClN2O/c1-17(20-16(21)12-19,11-13-6-3-2-4-7-13)14-8-5-9-15(18)10-14/h2-10H,11-12,19H2,1H3,(H,20,21). The van der Waals surface area contributed by atoms with Crippen LogP contribution >= 0.6 is 11.6 Å². The molecule has 0 bridgehead atoms. The Morgan fingerprint density at radius 2 is 1.90 bits per heavy atom. The number of benzene rings is 2. The van der Waals surface area contributed by atoms with E-state index in [1.807, 2.05) is 61.5 Å². The third kappa shape index (κ3) is 4.06. The Hall–Kier alpha value is -1.84. The molecule has 0 fully saturated rings. The lowest BCUT2D eigenvalue weighted by atomic mass is 9.85. The molecule has 2 aromatic rings. The highest BCUT2D eigenvalue weighted by atomic mass is 35.5. The number of halogens is 1. The SMILES string of the molecule is CC(Cc1ccccc1)(NC(=O)CN)c1cccc(Cl)c1. The summed E-state index contributed by atoms with van der Waals surface area (Å²) in [6, 6.07) is 17.6. The van der Waals surface area contributed by atoms with Crippen molar-refractivity contribution in [3.05, 3.63) is 70.7 Å². The topological polar surface area (TPSA) is 55.1 Å². The molecule has 4 heteroatoms. The van der Waals surface area contributed by atoms with Crippen LogP contribution in [0.2, 0.25) is 5.02 Å². The maximum absolute atomic E-state index is 11.8. The third-order valence-electron chi connectivity index (χ3n) is 3.46. The van der Waals surface area contributed by atoms with Gasteiger partial charge in [0.25, 0.3) is 0 Å². The number of carbonyl (C=O) groups excluding carboxylic acids is 1. The van der Waals surface area contributed by atoms with Gasteiger partial charge in [-0.05, 0) is 36.6 Å². The van der Waals surface area contributed by atoms with Gasteiger partial charge in [0.1, 0.15) is 0 Å². The molecule has 1 unspecified atom stereocenters. The van der Waals surface area contributed by atoms with Crippen LogP contribution in [0.1, 0.15) is 18.1 Å². The first-order chi connectivity index (χ1) is 10.0. The molecular weight excluding hydrogens is 284 g/mol. The Morgan fingerprint density at radius 1 is 1.19 bits per heavy atom. The van der Waals surface area contributed by atoms with E-state index >= 15 is 0 Å². The number of hydrogen-bond acceptors (Lipinski definition) is 2. The molecule has 110 valence electrons. The predicted octanol–water partition coefficient (Wildman–Crippen LogP) is 2.87. The molecule has 0 aliphatic heterocycles. The summed E-state index contributed by atoms with van der Waals surface area (Å²) < 4.78 is 0. The minimum absolute atomic E-state index is 0.0368. The fourth-order valence-corrected chi connectivity index (χ4v) is 2.60. The van der Waals surface area contributed by atoms with E-state index in [-0.39, 0.29) is 12.5 Å². The molecule has 0 aliphatic carbocycles. The summed E-state index contributed by atoms with van der Waals surface area (Å²) in [4.78, 5) is 11.8. The molecule has 0 spiro atoms. The fourth-order valence-electron chi connectivity index (χ4n) is 2.41. The van der Waals surface area contributed by atoms with Gasteiger partial charge in [-0.15, -0.1) is 0 Å². The van der Waals surface area contributed by atoms with E-state index in [0.717, 1.165) is 11.1 Å². The van der Waals surface area contributed by atoms with E-state index in [2.05, 4.69) is 5.32 Å². The van der Waals surface area contributed by atoms with E-state index in [1.54, 1.807) is 0 Å². The second-order valence-corrected chi connectivity index (χ2v) is 5.69. The van der Waals surface area contributed by atoms with Gasteiger partial charge in [-0.25, -0.2) is 0 Å². The largest absolute Gasteiger partial charge is 0.345 e. The molecule has 0 radical (unpaired) electrons. The van der Waals surface area contributed by atoms with Crippen molar-refractivity contribution in [1.29, 1.82) is 0 Å². The van der Waals surface area contributed by atoms with Crippen molar-refractivity contribution in [2.45, 2.75) is 18.9 Å². The van der Waals surface area contributed by atoms with E-state index in [4.69, 9.17) is 17.3 Å². The molecule has 1 atom stereocenters. The molecule has 0 saturated heterocycles. The first-order valence-electron chi connectivity index (χ1n) is 6.84. The number of rotatable bonds is 5. The second-order valence-electron chi connectivity index (χ2n) is 5.26. The van der Waals surface area contributed by atoms with Crippen molar-refractivity contribution in [2.24, 2.45) is 5.73 Å². The van der Waals surface area contributed by atoms with Gasteiger partial charge >= 0.3 is 0 Å². The summed E-state index contributed by atoms with van der Waals surface area (Å²) in [5, 5.41) is 3.66. The first-order valence-corrected chi connectivity index (χ1v) is 7.22. The number of carbonyl (C=O) groups is 1. The molecule has 0 heterocycles. The Bertz CT molecular complexity index is 615. The molecule has 2 rings (SSSR count). The molecule has 0 aliphatic rings. The number of nitrogens with two attached hydrogens (primary N) is 1. The Morgan fingerprint density at radius 3 is 2.52 bits per heavy atom. The van der Waals surface area contributed by atoms with E-state index in [0.29, 0.717) is 11.4 Å². The first kappa shape index (κ1) is 15.5. The molecule has 0 aromatic heterocycles. The van der Waals surface area contributed by atoms with Crippen LogP contribution in [0.3, 0.4) is 0 Å². The molecule has 3 nitrogen and oxygen atoms in total. The maximum Gasteiger partial charge on any atom is 0.234 e. The van der Waals surface area contributed by atoms with Gasteiger partial charge in [0, 0.05) is 5.02 Å². The highest BCUT2D eigenvalue weighted by molar-refractivity contribution is 6.30. The fraction of sp³-hybridized carbons (Fsp3) is 0.235. The van der Waals surface area contributed by atoms with Gasteiger partial charge in [-0.2, -0.15) is 0 Å². The minimum atomic E-state index is -0.553. The average Bonchev–Trinajstić information content (AvgIpc) is 2.48. The lowest BCUT2D eigenvalue weighted by molar-refractivity contribution is -0.121. The lowest BCUT2D eigenvalue weighted by Crippen LogP contribution is -2.47. The Labute approximate surface area is 130 Å². The van der Waals surface area contributed by atoms with Crippen LogP contribution in [0.15, 0.2) is 54.6 Å². The molecular formula is C17H19ClN2O. The van der Waals surface area contributed by atoms with Crippen LogP contribution in [-0.2, 0) is 16.8 Å². The maximum atomic E-state index is 11.8. The molecule has 0 saturated carbocycles. The second kappa shape index (κ2) is 6.74. The number of hydrogen-bond donors (Lipinski definition) is 2.